The molecule has 2 aromatic carbocycles. The van der Waals surface area contributed by atoms with Crippen molar-refractivity contribution >= 4 is 40.8 Å². The lowest BCUT2D eigenvalue weighted by molar-refractivity contribution is -0.386. The lowest BCUT2D eigenvalue weighted by atomic mass is 10.2. The van der Waals surface area contributed by atoms with Crippen LogP contribution in [0.2, 0.25) is 10.0 Å². The molecule has 1 N–H and O–H groups in total. The van der Waals surface area contributed by atoms with Gasteiger partial charge in [-0.1, -0.05) is 36.5 Å². The summed E-state index contributed by atoms with van der Waals surface area (Å²) in [6.07, 6.45) is 3.15. The van der Waals surface area contributed by atoms with Gasteiger partial charge in [-0.15, -0.1) is 0 Å². The van der Waals surface area contributed by atoms with E-state index in [0.717, 1.165) is 12.8 Å². The van der Waals surface area contributed by atoms with Gasteiger partial charge >= 0.3 is 5.69 Å². The Morgan fingerprint density at radius 2 is 2.04 bits per heavy atom. The highest BCUT2D eigenvalue weighted by molar-refractivity contribution is 6.42. The van der Waals surface area contributed by atoms with Gasteiger partial charge in [-0.3, -0.25) is 15.5 Å². The molecular weight excluding hydrogens is 393 g/mol. The molecule has 7 nitrogen and oxygen atoms in total. The highest BCUT2D eigenvalue weighted by Gasteiger charge is 2.22. The Morgan fingerprint density at radius 3 is 2.67 bits per heavy atom. The number of benzene rings is 2. The summed E-state index contributed by atoms with van der Waals surface area (Å²) in [5, 5.41) is 16.3. The van der Waals surface area contributed by atoms with E-state index in [1.165, 1.54) is 19.4 Å². The minimum absolute atomic E-state index is 0.116. The number of hydrogen-bond donors (Lipinski definition) is 1. The molecule has 0 aliphatic carbocycles. The number of nitro benzene ring substituents is 1. The predicted octanol–water partition coefficient (Wildman–Crippen LogP) is 5.54. The number of rotatable bonds is 9. The second-order valence-corrected chi connectivity index (χ2v) is 6.34. The first-order chi connectivity index (χ1) is 13.0. The molecule has 0 spiro atoms. The average molecular weight is 412 g/mol. The maximum atomic E-state index is 11.4. The van der Waals surface area contributed by atoms with Gasteiger partial charge in [0.15, 0.2) is 5.75 Å². The molecule has 0 amide bonds. The van der Waals surface area contributed by atoms with Crippen LogP contribution in [-0.2, 0) is 0 Å². The average Bonchev–Trinajstić information content (AvgIpc) is 2.65. The molecule has 0 aromatic heterocycles. The van der Waals surface area contributed by atoms with E-state index in [9.17, 15) is 10.1 Å². The van der Waals surface area contributed by atoms with Gasteiger partial charge in [-0.25, -0.2) is 0 Å². The van der Waals surface area contributed by atoms with Crippen molar-refractivity contribution in [3.63, 3.8) is 0 Å². The largest absolute Gasteiger partial charge is 0.493 e. The molecule has 0 radical (unpaired) electrons. The molecule has 2 rings (SSSR count). The molecule has 2 aromatic rings. The van der Waals surface area contributed by atoms with Crippen molar-refractivity contribution in [3.8, 4) is 11.5 Å². The lowest BCUT2D eigenvalue weighted by Gasteiger charge is -2.11. The lowest BCUT2D eigenvalue weighted by Crippen LogP contribution is -2.03. The highest BCUT2D eigenvalue weighted by Crippen LogP contribution is 2.38. The third-order valence-corrected chi connectivity index (χ3v) is 4.28. The second-order valence-electron chi connectivity index (χ2n) is 5.53. The number of nitrogens with zero attached hydrogens (tertiary/aromatic N) is 2. The number of unbranched alkanes of at least 4 members (excludes halogenated alkanes) is 1. The van der Waals surface area contributed by atoms with Crippen LogP contribution in [0.15, 0.2) is 35.4 Å². The zero-order valence-electron chi connectivity index (χ0n) is 14.9. The molecule has 0 saturated carbocycles. The smallest absolute Gasteiger partial charge is 0.315 e. The topological polar surface area (TPSA) is 86.0 Å². The second kappa shape index (κ2) is 9.99. The SMILES string of the molecule is CCCCOc1c(OC)cc(C=NNc2ccc(Cl)c(Cl)c2)cc1[N+](=O)[O-]. The minimum Gasteiger partial charge on any atom is -0.493 e. The standard InChI is InChI=1S/C18H19Cl2N3O4/c1-3-4-7-27-18-16(23(24)25)8-12(9-17(18)26-2)11-21-22-13-5-6-14(19)15(20)10-13/h5-6,8-11,22H,3-4,7H2,1-2H3. The Hall–Kier alpha value is -2.51. The zero-order valence-corrected chi connectivity index (χ0v) is 16.4. The van der Waals surface area contributed by atoms with Crippen molar-refractivity contribution < 1.29 is 14.4 Å². The van der Waals surface area contributed by atoms with Gasteiger partial charge in [0.2, 0.25) is 5.75 Å². The van der Waals surface area contributed by atoms with E-state index in [-0.39, 0.29) is 17.2 Å². The van der Waals surface area contributed by atoms with Crippen LogP contribution in [0, 0.1) is 10.1 Å². The molecule has 27 heavy (non-hydrogen) atoms. The van der Waals surface area contributed by atoms with E-state index in [4.69, 9.17) is 32.7 Å². The Kier molecular flexibility index (Phi) is 7.69. The van der Waals surface area contributed by atoms with Crippen molar-refractivity contribution in [3.05, 3.63) is 56.1 Å². The van der Waals surface area contributed by atoms with Crippen LogP contribution in [0.5, 0.6) is 11.5 Å². The van der Waals surface area contributed by atoms with Crippen molar-refractivity contribution in [2.75, 3.05) is 19.1 Å². The molecule has 0 heterocycles. The molecule has 0 aliphatic rings. The maximum absolute atomic E-state index is 11.4. The minimum atomic E-state index is -0.506. The number of nitro groups is 1. The number of anilines is 1. The van der Waals surface area contributed by atoms with Crippen molar-refractivity contribution in [1.82, 2.24) is 0 Å². The molecule has 0 atom stereocenters. The third-order valence-electron chi connectivity index (χ3n) is 3.55. The van der Waals surface area contributed by atoms with E-state index in [1.807, 2.05) is 6.92 Å². The third kappa shape index (κ3) is 5.74. The predicted molar refractivity (Wildman–Crippen MR) is 108 cm³/mol. The van der Waals surface area contributed by atoms with E-state index in [1.54, 1.807) is 24.3 Å². The Labute approximate surface area is 167 Å². The quantitative estimate of drug-likeness (QED) is 0.253. The van der Waals surface area contributed by atoms with Crippen LogP contribution < -0.4 is 14.9 Å². The maximum Gasteiger partial charge on any atom is 0.315 e. The number of methoxy groups -OCH3 is 1. The molecule has 0 bridgehead atoms. The number of hydrazone groups is 1. The first kappa shape index (κ1) is 20.8. The van der Waals surface area contributed by atoms with Crippen LogP contribution in [-0.4, -0.2) is 24.9 Å². The normalized spacial score (nSPS) is 10.8. The summed E-state index contributed by atoms with van der Waals surface area (Å²) in [5.74, 6) is 0.391. The molecule has 0 aliphatic heterocycles. The molecule has 9 heteroatoms. The summed E-state index contributed by atoms with van der Waals surface area (Å²) < 4.78 is 10.8. The summed E-state index contributed by atoms with van der Waals surface area (Å²) in [6.45, 7) is 2.38. The molecule has 0 saturated heterocycles. The van der Waals surface area contributed by atoms with Gasteiger partial charge in [-0.2, -0.15) is 5.10 Å². The first-order valence-corrected chi connectivity index (χ1v) is 8.95. The zero-order chi connectivity index (χ0) is 19.8. The van der Waals surface area contributed by atoms with Gasteiger partial charge in [0, 0.05) is 11.6 Å². The van der Waals surface area contributed by atoms with Gasteiger partial charge in [0.1, 0.15) is 0 Å². The fraction of sp³-hybridized carbons (Fsp3) is 0.278. The van der Waals surface area contributed by atoms with Crippen molar-refractivity contribution in [2.24, 2.45) is 5.10 Å². The molecule has 0 unspecified atom stereocenters. The number of ether oxygens (including phenoxy) is 2. The Balaban J connectivity index is 2.24. The molecule has 144 valence electrons. The van der Waals surface area contributed by atoms with E-state index in [0.29, 0.717) is 27.9 Å². The van der Waals surface area contributed by atoms with Gasteiger partial charge in [-0.05, 0) is 30.7 Å². The monoisotopic (exact) mass is 411 g/mol. The van der Waals surface area contributed by atoms with E-state index < -0.39 is 4.92 Å². The number of nitrogens with one attached hydrogen (secondary N) is 1. The van der Waals surface area contributed by atoms with Crippen LogP contribution in [0.3, 0.4) is 0 Å². The molecular formula is C18H19Cl2N3O4. The Bertz CT molecular complexity index is 844. The van der Waals surface area contributed by atoms with E-state index >= 15 is 0 Å². The van der Waals surface area contributed by atoms with Crippen LogP contribution in [0.1, 0.15) is 25.3 Å². The Morgan fingerprint density at radius 1 is 1.26 bits per heavy atom. The van der Waals surface area contributed by atoms with Crippen LogP contribution in [0.25, 0.3) is 0 Å². The first-order valence-electron chi connectivity index (χ1n) is 8.19. The fourth-order valence-corrected chi connectivity index (χ4v) is 2.48. The van der Waals surface area contributed by atoms with Crippen LogP contribution >= 0.6 is 23.2 Å². The summed E-state index contributed by atoms with van der Waals surface area (Å²) in [6, 6.07) is 7.96. The van der Waals surface area contributed by atoms with Gasteiger partial charge in [0.05, 0.1) is 40.6 Å². The number of hydrogen-bond acceptors (Lipinski definition) is 6. The summed E-state index contributed by atoms with van der Waals surface area (Å²) in [4.78, 5) is 10.9. The van der Waals surface area contributed by atoms with E-state index in [2.05, 4.69) is 10.5 Å². The highest BCUT2D eigenvalue weighted by atomic mass is 35.5. The van der Waals surface area contributed by atoms with Crippen molar-refractivity contribution in [2.45, 2.75) is 19.8 Å². The number of halogens is 2. The summed E-state index contributed by atoms with van der Waals surface area (Å²) in [7, 11) is 1.43. The summed E-state index contributed by atoms with van der Waals surface area (Å²) in [5.41, 5.74) is 3.72. The fourth-order valence-electron chi connectivity index (χ4n) is 2.18. The van der Waals surface area contributed by atoms with Crippen LogP contribution in [0.4, 0.5) is 11.4 Å². The van der Waals surface area contributed by atoms with Gasteiger partial charge in [0.25, 0.3) is 0 Å². The van der Waals surface area contributed by atoms with Gasteiger partial charge < -0.3 is 9.47 Å². The van der Waals surface area contributed by atoms with Crippen molar-refractivity contribution in [1.29, 1.82) is 0 Å². The molecule has 0 fully saturated rings. The summed E-state index contributed by atoms with van der Waals surface area (Å²) >= 11 is 11.8.